The van der Waals surface area contributed by atoms with Gasteiger partial charge in [-0.25, -0.2) is 9.59 Å². The van der Waals surface area contributed by atoms with Crippen molar-refractivity contribution in [3.05, 3.63) is 54.1 Å². The van der Waals surface area contributed by atoms with E-state index in [1.54, 1.807) is 12.1 Å². The third kappa shape index (κ3) is 9.13. The maximum absolute atomic E-state index is 12.7. The molecule has 184 valence electrons. The Labute approximate surface area is 200 Å². The quantitative estimate of drug-likeness (QED) is 0.395. The van der Waals surface area contributed by atoms with Crippen LogP contribution in [0.4, 0.5) is 4.79 Å². The summed E-state index contributed by atoms with van der Waals surface area (Å²) in [5.41, 5.74) is 2.35. The lowest BCUT2D eigenvalue weighted by atomic mass is 10.0. The molecule has 8 heteroatoms. The van der Waals surface area contributed by atoms with Crippen LogP contribution < -0.4 is 10.1 Å². The fraction of sp³-hybridized carbons (Fsp3) is 0.423. The van der Waals surface area contributed by atoms with E-state index in [0.717, 1.165) is 42.4 Å². The van der Waals surface area contributed by atoms with Gasteiger partial charge in [0.15, 0.2) is 6.61 Å². The van der Waals surface area contributed by atoms with E-state index in [0.29, 0.717) is 18.9 Å². The number of nitrogens with zero attached hydrogens (tertiary/aromatic N) is 1. The molecule has 0 fully saturated rings. The predicted molar refractivity (Wildman–Crippen MR) is 130 cm³/mol. The number of carbonyl (C=O) groups is 3. The van der Waals surface area contributed by atoms with E-state index in [2.05, 4.69) is 5.32 Å². The first kappa shape index (κ1) is 26.7. The number of carboxylic acids is 1. The molecule has 0 aliphatic rings. The van der Waals surface area contributed by atoms with Crippen LogP contribution in [0.1, 0.15) is 45.1 Å². The molecule has 2 rings (SSSR count). The second-order valence-corrected chi connectivity index (χ2v) is 7.91. The molecule has 0 atom stereocenters. The second kappa shape index (κ2) is 14.6. The molecule has 34 heavy (non-hydrogen) atoms. The van der Waals surface area contributed by atoms with Crippen molar-refractivity contribution < 1.29 is 29.0 Å². The van der Waals surface area contributed by atoms with E-state index in [9.17, 15) is 14.4 Å². The molecule has 2 N–H and O–H groups in total. The van der Waals surface area contributed by atoms with Gasteiger partial charge in [-0.15, -0.1) is 0 Å². The molecule has 0 heterocycles. The standard InChI is InChI=1S/C26H34N2O6/c1-3-5-14-27-24(29)18-28(26(32)33-15-6-4-2)17-20-10-9-11-21(16-20)22-12-7-8-13-23(22)34-19-25(30)31/h7-13,16H,3-6,14-15,17-19H2,1-2H3,(H,27,29)(H,30,31). The molecule has 0 unspecified atom stereocenters. The van der Waals surface area contributed by atoms with Crippen molar-refractivity contribution in [2.75, 3.05) is 26.3 Å². The molecular weight excluding hydrogens is 436 g/mol. The van der Waals surface area contributed by atoms with Gasteiger partial charge >= 0.3 is 12.1 Å². The van der Waals surface area contributed by atoms with Gasteiger partial charge < -0.3 is 19.9 Å². The Kier molecular flexibility index (Phi) is 11.4. The van der Waals surface area contributed by atoms with Crippen molar-refractivity contribution in [1.82, 2.24) is 10.2 Å². The van der Waals surface area contributed by atoms with E-state index in [1.165, 1.54) is 4.90 Å². The highest BCUT2D eigenvalue weighted by molar-refractivity contribution is 5.82. The monoisotopic (exact) mass is 470 g/mol. The topological polar surface area (TPSA) is 105 Å². The number of rotatable bonds is 14. The fourth-order valence-electron chi connectivity index (χ4n) is 3.24. The minimum absolute atomic E-state index is 0.1000. The minimum Gasteiger partial charge on any atom is -0.481 e. The minimum atomic E-state index is -1.06. The van der Waals surface area contributed by atoms with Gasteiger partial charge in [0.2, 0.25) is 5.91 Å². The van der Waals surface area contributed by atoms with Crippen molar-refractivity contribution in [3.8, 4) is 16.9 Å². The average molecular weight is 471 g/mol. The SMILES string of the molecule is CCCCNC(=O)CN(Cc1cccc(-c2ccccc2OCC(=O)O)c1)C(=O)OCCCC. The Balaban J connectivity index is 2.20. The first-order valence-electron chi connectivity index (χ1n) is 11.7. The summed E-state index contributed by atoms with van der Waals surface area (Å²) in [5.74, 6) is -0.837. The maximum Gasteiger partial charge on any atom is 0.410 e. The summed E-state index contributed by atoms with van der Waals surface area (Å²) in [6.07, 6.45) is 2.96. The van der Waals surface area contributed by atoms with Gasteiger partial charge in [-0.3, -0.25) is 9.69 Å². The van der Waals surface area contributed by atoms with Gasteiger partial charge in [0.25, 0.3) is 0 Å². The number of nitrogens with one attached hydrogen (secondary N) is 1. The number of hydrogen-bond acceptors (Lipinski definition) is 5. The number of ether oxygens (including phenoxy) is 2. The lowest BCUT2D eigenvalue weighted by Gasteiger charge is -2.22. The summed E-state index contributed by atoms with van der Waals surface area (Å²) in [5, 5.41) is 11.8. The fourth-order valence-corrected chi connectivity index (χ4v) is 3.24. The van der Waals surface area contributed by atoms with Gasteiger partial charge in [0.1, 0.15) is 12.3 Å². The van der Waals surface area contributed by atoms with E-state index < -0.39 is 18.7 Å². The highest BCUT2D eigenvalue weighted by Gasteiger charge is 2.19. The molecule has 0 saturated carbocycles. The van der Waals surface area contributed by atoms with Crippen LogP contribution in [0.25, 0.3) is 11.1 Å². The van der Waals surface area contributed by atoms with Crippen molar-refractivity contribution >= 4 is 18.0 Å². The summed E-state index contributed by atoms with van der Waals surface area (Å²) >= 11 is 0. The van der Waals surface area contributed by atoms with Crippen LogP contribution in [0.3, 0.4) is 0 Å². The highest BCUT2D eigenvalue weighted by atomic mass is 16.6. The first-order valence-corrected chi connectivity index (χ1v) is 11.7. The molecule has 0 aliphatic carbocycles. The smallest absolute Gasteiger partial charge is 0.410 e. The molecule has 0 bridgehead atoms. The lowest BCUT2D eigenvalue weighted by molar-refractivity contribution is -0.139. The Morgan fingerprint density at radius 1 is 1.00 bits per heavy atom. The maximum atomic E-state index is 12.7. The van der Waals surface area contributed by atoms with Crippen molar-refractivity contribution in [2.24, 2.45) is 0 Å². The van der Waals surface area contributed by atoms with E-state index >= 15 is 0 Å². The summed E-state index contributed by atoms with van der Waals surface area (Å²) in [4.78, 5) is 37.4. The van der Waals surface area contributed by atoms with Gasteiger partial charge in [0, 0.05) is 18.7 Å². The number of aliphatic carboxylic acids is 1. The molecule has 2 amide bonds. The largest absolute Gasteiger partial charge is 0.481 e. The first-order chi connectivity index (χ1) is 16.4. The molecular formula is C26H34N2O6. The average Bonchev–Trinajstić information content (AvgIpc) is 2.83. The number of amides is 2. The number of carbonyl (C=O) groups excluding carboxylic acids is 2. The zero-order chi connectivity index (χ0) is 24.8. The normalized spacial score (nSPS) is 10.4. The van der Waals surface area contributed by atoms with Crippen molar-refractivity contribution in [3.63, 3.8) is 0 Å². The molecule has 0 spiro atoms. The van der Waals surface area contributed by atoms with Gasteiger partial charge in [-0.2, -0.15) is 0 Å². The van der Waals surface area contributed by atoms with Gasteiger partial charge in [-0.05, 0) is 36.1 Å². The molecule has 0 aliphatic heterocycles. The predicted octanol–water partition coefficient (Wildman–Crippen LogP) is 4.47. The zero-order valence-electron chi connectivity index (χ0n) is 19.9. The molecule has 2 aromatic rings. The molecule has 2 aromatic carbocycles. The van der Waals surface area contributed by atoms with Crippen LogP contribution >= 0.6 is 0 Å². The number of benzene rings is 2. The summed E-state index contributed by atoms with van der Waals surface area (Å²) in [6, 6.07) is 14.7. The molecule has 0 aromatic heterocycles. The summed E-state index contributed by atoms with van der Waals surface area (Å²) in [6.45, 7) is 4.57. The number of para-hydroxylation sites is 1. The second-order valence-electron chi connectivity index (χ2n) is 7.91. The van der Waals surface area contributed by atoms with Crippen LogP contribution in [0.2, 0.25) is 0 Å². The third-order valence-electron chi connectivity index (χ3n) is 5.02. The number of hydrogen-bond donors (Lipinski definition) is 2. The van der Waals surface area contributed by atoms with E-state index in [1.807, 2.05) is 50.2 Å². The van der Waals surface area contributed by atoms with Crippen LogP contribution in [0.15, 0.2) is 48.5 Å². The molecule has 8 nitrogen and oxygen atoms in total. The van der Waals surface area contributed by atoms with E-state index in [-0.39, 0.29) is 19.0 Å². The van der Waals surface area contributed by atoms with Gasteiger partial charge in [-0.1, -0.05) is 63.1 Å². The number of carboxylic acid groups (broad SMARTS) is 1. The Morgan fingerprint density at radius 2 is 1.76 bits per heavy atom. The van der Waals surface area contributed by atoms with Crippen LogP contribution in [0, 0.1) is 0 Å². The Morgan fingerprint density at radius 3 is 2.50 bits per heavy atom. The number of unbranched alkanes of at least 4 members (excludes halogenated alkanes) is 2. The summed E-state index contributed by atoms with van der Waals surface area (Å²) in [7, 11) is 0. The lowest BCUT2D eigenvalue weighted by Crippen LogP contribution is -2.41. The summed E-state index contributed by atoms with van der Waals surface area (Å²) < 4.78 is 10.8. The van der Waals surface area contributed by atoms with Crippen molar-refractivity contribution in [1.29, 1.82) is 0 Å². The highest BCUT2D eigenvalue weighted by Crippen LogP contribution is 2.30. The molecule has 0 saturated heterocycles. The van der Waals surface area contributed by atoms with E-state index in [4.69, 9.17) is 14.6 Å². The van der Waals surface area contributed by atoms with Crippen LogP contribution in [0.5, 0.6) is 5.75 Å². The Hall–Kier alpha value is -3.55. The van der Waals surface area contributed by atoms with Crippen LogP contribution in [-0.4, -0.2) is 54.3 Å². The molecule has 0 radical (unpaired) electrons. The van der Waals surface area contributed by atoms with Gasteiger partial charge in [0.05, 0.1) is 6.61 Å². The Bertz CT molecular complexity index is 946. The third-order valence-corrected chi connectivity index (χ3v) is 5.02. The zero-order valence-corrected chi connectivity index (χ0v) is 19.9. The van der Waals surface area contributed by atoms with Crippen LogP contribution in [-0.2, 0) is 20.9 Å². The van der Waals surface area contributed by atoms with Crippen molar-refractivity contribution in [2.45, 2.75) is 46.1 Å².